The van der Waals surface area contributed by atoms with Crippen LogP contribution in [-0.4, -0.2) is 26.4 Å². The molecule has 0 spiro atoms. The maximum atomic E-state index is 13.7. The molecule has 1 atom stereocenters. The van der Waals surface area contributed by atoms with E-state index in [1.54, 1.807) is 11.8 Å². The second-order valence-corrected chi connectivity index (χ2v) is 12.3. The number of fused-ring (bicyclic) bond motifs is 1. The Balaban J connectivity index is 1.40. The number of nitrogens with zero attached hydrogens (tertiary/aromatic N) is 3. The highest BCUT2D eigenvalue weighted by molar-refractivity contribution is 7.99. The van der Waals surface area contributed by atoms with E-state index >= 15 is 0 Å². The predicted molar refractivity (Wildman–Crippen MR) is 166 cm³/mol. The van der Waals surface area contributed by atoms with E-state index in [1.807, 2.05) is 66.2 Å². The molecule has 1 amide bonds. The van der Waals surface area contributed by atoms with Crippen molar-refractivity contribution >= 4 is 29.3 Å². The molecule has 2 N–H and O–H groups in total. The molecule has 7 nitrogen and oxygen atoms in total. The lowest BCUT2D eigenvalue weighted by Crippen LogP contribution is -2.31. The lowest BCUT2D eigenvalue weighted by atomic mass is 9.87. The molecule has 2 heterocycles. The first-order valence-corrected chi connectivity index (χ1v) is 15.0. The fraction of sp³-hybridized carbons (Fsp3) is 0.303. The zero-order chi connectivity index (χ0) is 29.0. The monoisotopic (exact) mass is 567 g/mol. The first-order chi connectivity index (χ1) is 19.7. The highest BCUT2D eigenvalue weighted by Gasteiger charge is 2.34. The van der Waals surface area contributed by atoms with Crippen molar-refractivity contribution in [1.82, 2.24) is 14.8 Å². The zero-order valence-electron chi connectivity index (χ0n) is 24.3. The molecule has 5 rings (SSSR count). The van der Waals surface area contributed by atoms with Crippen molar-refractivity contribution < 1.29 is 9.53 Å². The van der Waals surface area contributed by atoms with Gasteiger partial charge in [-0.25, -0.2) is 4.68 Å². The second-order valence-electron chi connectivity index (χ2n) is 11.2. The van der Waals surface area contributed by atoms with E-state index in [-0.39, 0.29) is 11.3 Å². The minimum absolute atomic E-state index is 0.118. The number of para-hydroxylation sites is 1. The van der Waals surface area contributed by atoms with Crippen LogP contribution in [0.15, 0.2) is 95.3 Å². The average molecular weight is 568 g/mol. The summed E-state index contributed by atoms with van der Waals surface area (Å²) in [5, 5.41) is 11.8. The zero-order valence-corrected chi connectivity index (χ0v) is 25.1. The summed E-state index contributed by atoms with van der Waals surface area (Å²) in [5.41, 5.74) is 5.52. The van der Waals surface area contributed by atoms with Crippen molar-refractivity contribution in [3.63, 3.8) is 0 Å². The predicted octanol–water partition coefficient (Wildman–Crippen LogP) is 7.58. The van der Waals surface area contributed by atoms with Gasteiger partial charge in [-0.1, -0.05) is 94.1 Å². The normalized spacial score (nSPS) is 14.8. The van der Waals surface area contributed by atoms with E-state index in [1.165, 1.54) is 5.56 Å². The van der Waals surface area contributed by atoms with Crippen LogP contribution in [0, 0.1) is 0 Å². The number of nitrogens with one attached hydrogen (secondary N) is 2. The molecule has 0 bridgehead atoms. The van der Waals surface area contributed by atoms with E-state index in [4.69, 9.17) is 14.8 Å². The molecular weight excluding hydrogens is 530 g/mol. The standard InChI is InChI=1S/C33H37N5O2S/c1-6-20-41-32-36-31-34-22(2)28(30(39)35-26-10-8-7-9-11-26)29(38(31)37-32)24-14-18-27(19-15-24)40-21-23-12-16-25(17-13-23)33(3,4)5/h7-19,29H,6,20-21H2,1-5H3,(H,35,39)(H,34,36,37). The number of rotatable bonds is 9. The molecule has 212 valence electrons. The number of carbonyl (C=O) groups is 1. The van der Waals surface area contributed by atoms with E-state index < -0.39 is 6.04 Å². The van der Waals surface area contributed by atoms with Gasteiger partial charge in [0.15, 0.2) is 0 Å². The lowest BCUT2D eigenvalue weighted by Gasteiger charge is -2.28. The third kappa shape index (κ3) is 6.65. The van der Waals surface area contributed by atoms with Crippen LogP contribution in [0.25, 0.3) is 0 Å². The molecule has 3 aromatic carbocycles. The van der Waals surface area contributed by atoms with Crippen LogP contribution in [0.5, 0.6) is 5.75 Å². The van der Waals surface area contributed by atoms with Crippen molar-refractivity contribution in [1.29, 1.82) is 0 Å². The largest absolute Gasteiger partial charge is 0.489 e. The Morgan fingerprint density at radius 3 is 2.39 bits per heavy atom. The minimum Gasteiger partial charge on any atom is -0.489 e. The van der Waals surface area contributed by atoms with Crippen LogP contribution in [0.3, 0.4) is 0 Å². The number of thioether (sulfide) groups is 1. The molecule has 0 aliphatic carbocycles. The van der Waals surface area contributed by atoms with E-state index in [0.29, 0.717) is 23.3 Å². The van der Waals surface area contributed by atoms with Gasteiger partial charge in [-0.3, -0.25) is 4.79 Å². The van der Waals surface area contributed by atoms with E-state index in [0.717, 1.165) is 40.4 Å². The smallest absolute Gasteiger partial charge is 0.255 e. The Kier molecular flexibility index (Phi) is 8.49. The summed E-state index contributed by atoms with van der Waals surface area (Å²) in [6.07, 6.45) is 1.02. The van der Waals surface area contributed by atoms with Gasteiger partial charge in [0, 0.05) is 17.1 Å². The number of aromatic nitrogens is 3. The van der Waals surface area contributed by atoms with Crippen molar-refractivity contribution in [2.75, 3.05) is 16.4 Å². The Morgan fingerprint density at radius 2 is 1.73 bits per heavy atom. The number of ether oxygens (including phenoxy) is 1. The summed E-state index contributed by atoms with van der Waals surface area (Å²) in [6, 6.07) is 25.5. The number of anilines is 2. The molecule has 0 radical (unpaired) electrons. The molecule has 41 heavy (non-hydrogen) atoms. The van der Waals surface area contributed by atoms with Gasteiger partial charge in [-0.05, 0) is 59.7 Å². The van der Waals surface area contributed by atoms with Gasteiger partial charge in [0.2, 0.25) is 11.1 Å². The Morgan fingerprint density at radius 1 is 1.02 bits per heavy atom. The summed E-state index contributed by atoms with van der Waals surface area (Å²) in [6.45, 7) is 11.2. The number of allylic oxidation sites excluding steroid dienone is 1. The third-order valence-corrected chi connectivity index (χ3v) is 8.01. The van der Waals surface area contributed by atoms with Crippen molar-refractivity contribution in [2.24, 2.45) is 0 Å². The van der Waals surface area contributed by atoms with Crippen LogP contribution in [0.2, 0.25) is 0 Å². The summed E-state index contributed by atoms with van der Waals surface area (Å²) in [7, 11) is 0. The number of hydrogen-bond acceptors (Lipinski definition) is 6. The molecule has 0 saturated heterocycles. The maximum Gasteiger partial charge on any atom is 0.255 e. The molecule has 1 aliphatic rings. The maximum absolute atomic E-state index is 13.7. The van der Waals surface area contributed by atoms with E-state index in [2.05, 4.69) is 62.6 Å². The molecule has 1 aromatic heterocycles. The van der Waals surface area contributed by atoms with Gasteiger partial charge in [-0.15, -0.1) is 5.10 Å². The molecule has 4 aromatic rings. The number of benzene rings is 3. The summed E-state index contributed by atoms with van der Waals surface area (Å²) < 4.78 is 7.93. The van der Waals surface area contributed by atoms with Crippen molar-refractivity contribution in [3.05, 3.63) is 107 Å². The van der Waals surface area contributed by atoms with Crippen LogP contribution in [0.1, 0.15) is 63.8 Å². The summed E-state index contributed by atoms with van der Waals surface area (Å²) >= 11 is 1.61. The highest BCUT2D eigenvalue weighted by atomic mass is 32.2. The highest BCUT2D eigenvalue weighted by Crippen LogP contribution is 2.37. The summed E-state index contributed by atoms with van der Waals surface area (Å²) in [4.78, 5) is 18.4. The Labute approximate surface area is 246 Å². The average Bonchev–Trinajstić information content (AvgIpc) is 3.37. The minimum atomic E-state index is -0.447. The topological polar surface area (TPSA) is 81.1 Å². The van der Waals surface area contributed by atoms with Gasteiger partial charge in [0.1, 0.15) is 18.4 Å². The lowest BCUT2D eigenvalue weighted by molar-refractivity contribution is -0.113. The van der Waals surface area contributed by atoms with Gasteiger partial charge in [-0.2, -0.15) is 4.98 Å². The molecule has 1 unspecified atom stereocenters. The van der Waals surface area contributed by atoms with Crippen LogP contribution >= 0.6 is 11.8 Å². The number of hydrogen-bond donors (Lipinski definition) is 2. The molecular formula is C33H37N5O2S. The van der Waals surface area contributed by atoms with Crippen molar-refractivity contribution in [2.45, 2.75) is 64.3 Å². The van der Waals surface area contributed by atoms with Crippen molar-refractivity contribution in [3.8, 4) is 5.75 Å². The van der Waals surface area contributed by atoms with Gasteiger partial charge in [0.25, 0.3) is 5.91 Å². The molecule has 0 fully saturated rings. The number of carbonyl (C=O) groups excluding carboxylic acids is 1. The fourth-order valence-electron chi connectivity index (χ4n) is 4.72. The second kappa shape index (κ2) is 12.2. The van der Waals surface area contributed by atoms with Crippen LogP contribution in [-0.2, 0) is 16.8 Å². The molecule has 1 aliphatic heterocycles. The Hall–Kier alpha value is -4.04. The summed E-state index contributed by atoms with van der Waals surface area (Å²) in [5.74, 6) is 2.12. The molecule has 8 heteroatoms. The third-order valence-electron chi connectivity index (χ3n) is 6.97. The first-order valence-electron chi connectivity index (χ1n) is 14.0. The van der Waals surface area contributed by atoms with E-state index in [9.17, 15) is 4.79 Å². The molecule has 0 saturated carbocycles. The Bertz CT molecular complexity index is 1520. The number of amides is 1. The van der Waals surface area contributed by atoms with Gasteiger partial charge in [0.05, 0.1) is 5.57 Å². The van der Waals surface area contributed by atoms with Crippen LogP contribution < -0.4 is 15.4 Å². The quantitative estimate of drug-likeness (QED) is 0.203. The van der Waals surface area contributed by atoms with Crippen LogP contribution in [0.4, 0.5) is 11.6 Å². The SMILES string of the molecule is CCCSc1nc2n(n1)C(c1ccc(OCc3ccc(C(C)(C)C)cc3)cc1)C(C(=O)Nc1ccccc1)=C(C)N2. The first kappa shape index (κ1) is 28.5. The fourth-order valence-corrected chi connectivity index (χ4v) is 5.41. The van der Waals surface area contributed by atoms with Gasteiger partial charge >= 0.3 is 0 Å². The van der Waals surface area contributed by atoms with Gasteiger partial charge < -0.3 is 15.4 Å².